The molecule has 0 aliphatic carbocycles. The third kappa shape index (κ3) is 5.27. The Kier molecular flexibility index (Phi) is 7.90. The summed E-state index contributed by atoms with van der Waals surface area (Å²) in [4.78, 5) is 30.1. The summed E-state index contributed by atoms with van der Waals surface area (Å²) in [6, 6.07) is 23.1. The van der Waals surface area contributed by atoms with Crippen LogP contribution in [0.4, 0.5) is 11.4 Å². The fourth-order valence-electron chi connectivity index (χ4n) is 4.36. The molecule has 0 saturated carbocycles. The number of nitrogens with zero attached hydrogens (tertiary/aromatic N) is 2. The molecule has 0 fully saturated rings. The second-order valence-electron chi connectivity index (χ2n) is 8.48. The summed E-state index contributed by atoms with van der Waals surface area (Å²) >= 11 is 0. The van der Waals surface area contributed by atoms with Gasteiger partial charge in [0.2, 0.25) is 0 Å². The van der Waals surface area contributed by atoms with Crippen molar-refractivity contribution in [2.45, 2.75) is 25.8 Å². The first kappa shape index (κ1) is 24.5. The Balaban J connectivity index is 0.00000306. The van der Waals surface area contributed by atoms with Gasteiger partial charge in [-0.2, -0.15) is 0 Å². The van der Waals surface area contributed by atoms with E-state index in [1.807, 2.05) is 48.2 Å². The number of anilines is 2. The van der Waals surface area contributed by atoms with E-state index in [1.165, 1.54) is 5.56 Å². The summed E-state index contributed by atoms with van der Waals surface area (Å²) in [7, 11) is 4.17. The van der Waals surface area contributed by atoms with Crippen LogP contribution in [0.3, 0.4) is 0 Å². The van der Waals surface area contributed by atoms with Crippen molar-refractivity contribution in [2.24, 2.45) is 0 Å². The molecule has 6 heteroatoms. The Morgan fingerprint density at radius 2 is 1.61 bits per heavy atom. The van der Waals surface area contributed by atoms with E-state index in [2.05, 4.69) is 30.4 Å². The molecule has 1 N–H and O–H groups in total. The predicted molar refractivity (Wildman–Crippen MR) is 129 cm³/mol. The lowest BCUT2D eigenvalue weighted by Crippen LogP contribution is -3.00. The number of fused-ring (bicyclic) bond motifs is 1. The van der Waals surface area contributed by atoms with Gasteiger partial charge in [0.15, 0.2) is 0 Å². The van der Waals surface area contributed by atoms with Crippen LogP contribution in [0.15, 0.2) is 72.8 Å². The summed E-state index contributed by atoms with van der Waals surface area (Å²) in [5, 5.41) is 2.92. The van der Waals surface area contributed by atoms with E-state index in [0.29, 0.717) is 29.4 Å². The van der Waals surface area contributed by atoms with Crippen molar-refractivity contribution < 1.29 is 22.0 Å². The minimum atomic E-state index is -0.154. The predicted octanol–water partition coefficient (Wildman–Crippen LogP) is 2.29. The molecule has 0 radical (unpaired) electrons. The third-order valence-electron chi connectivity index (χ3n) is 6.09. The number of para-hydroxylation sites is 1. The molecule has 2 amide bonds. The lowest BCUT2D eigenvalue weighted by Gasteiger charge is -2.27. The van der Waals surface area contributed by atoms with Gasteiger partial charge in [-0.15, -0.1) is 0 Å². The minimum Gasteiger partial charge on any atom is -1.00 e. The highest BCUT2D eigenvalue weighted by Crippen LogP contribution is 2.36. The average Bonchev–Trinajstić information content (AvgIpc) is 2.99. The molecule has 3 aromatic rings. The van der Waals surface area contributed by atoms with E-state index < -0.39 is 0 Å². The van der Waals surface area contributed by atoms with Crippen LogP contribution in [0.1, 0.15) is 50.7 Å². The van der Waals surface area contributed by atoms with E-state index in [4.69, 9.17) is 0 Å². The quantitative estimate of drug-likeness (QED) is 0.647. The topological polar surface area (TPSA) is 52.7 Å². The summed E-state index contributed by atoms with van der Waals surface area (Å²) in [5.74, 6) is -0.174. The van der Waals surface area contributed by atoms with Gasteiger partial charge in [0, 0.05) is 35.1 Å². The van der Waals surface area contributed by atoms with Crippen LogP contribution in [-0.2, 0) is 0 Å². The fourth-order valence-corrected chi connectivity index (χ4v) is 4.36. The minimum absolute atomic E-state index is 0. The van der Waals surface area contributed by atoms with E-state index in [1.54, 1.807) is 30.3 Å². The van der Waals surface area contributed by atoms with Gasteiger partial charge in [-0.3, -0.25) is 9.59 Å². The van der Waals surface area contributed by atoms with Crippen molar-refractivity contribution in [3.8, 4) is 0 Å². The van der Waals surface area contributed by atoms with Gasteiger partial charge in [-0.25, -0.2) is 0 Å². The number of carbonyl (C=O) groups is 2. The fraction of sp³-hybridized carbons (Fsp3) is 0.259. The number of halogens is 1. The molecule has 0 bridgehead atoms. The molecular formula is C27H29ClN3O2-. The largest absolute Gasteiger partial charge is 1.00 e. The molecule has 4 rings (SSSR count). The lowest BCUT2D eigenvalue weighted by atomic mass is 10.0. The number of hydrogen-bond acceptors (Lipinski definition) is 3. The Morgan fingerprint density at radius 1 is 0.939 bits per heavy atom. The Bertz CT molecular complexity index is 1130. The first-order valence-electron chi connectivity index (χ1n) is 11.0. The van der Waals surface area contributed by atoms with Gasteiger partial charge >= 0.3 is 0 Å². The maximum absolute atomic E-state index is 13.4. The molecule has 172 valence electrons. The zero-order valence-electron chi connectivity index (χ0n) is 19.2. The molecule has 33 heavy (non-hydrogen) atoms. The summed E-state index contributed by atoms with van der Waals surface area (Å²) in [6.07, 6.45) is 1.95. The van der Waals surface area contributed by atoms with E-state index in [-0.39, 0.29) is 24.2 Å². The molecule has 1 unspecified atom stereocenters. The normalized spacial score (nSPS) is 15.3. The molecular weight excluding hydrogens is 434 g/mol. The van der Waals surface area contributed by atoms with Crippen molar-refractivity contribution in [3.05, 3.63) is 95.1 Å². The smallest absolute Gasteiger partial charge is 0.258 e. The molecule has 0 aromatic heterocycles. The van der Waals surface area contributed by atoms with Crippen LogP contribution < -0.4 is 22.6 Å². The summed E-state index contributed by atoms with van der Waals surface area (Å²) in [6.45, 7) is 2.60. The Labute approximate surface area is 201 Å². The lowest BCUT2D eigenvalue weighted by molar-refractivity contribution is -0.0000217. The SMILES string of the molecule is Cc1ccccc1C(=O)Nc1ccc(C(=O)N2CCCC(N(C)C)c3ccccc32)cc1.[Cl-]. The zero-order chi connectivity index (χ0) is 22.7. The first-order valence-corrected chi connectivity index (χ1v) is 11.0. The second kappa shape index (κ2) is 10.6. The molecule has 1 atom stereocenters. The summed E-state index contributed by atoms with van der Waals surface area (Å²) < 4.78 is 0. The number of rotatable bonds is 4. The number of aryl methyl sites for hydroxylation is 1. The number of nitrogens with one attached hydrogen (secondary N) is 1. The first-order chi connectivity index (χ1) is 15.5. The number of carbonyl (C=O) groups excluding carboxylic acids is 2. The van der Waals surface area contributed by atoms with Crippen LogP contribution in [0.25, 0.3) is 0 Å². The number of hydrogen-bond donors (Lipinski definition) is 1. The van der Waals surface area contributed by atoms with E-state index >= 15 is 0 Å². The van der Waals surface area contributed by atoms with Gasteiger partial charge in [-0.05, 0) is 81.4 Å². The standard InChI is InChI=1S/C27H29N3O2.ClH/c1-19-9-4-5-10-22(19)26(31)28-21-16-14-20(15-17-21)27(32)30-18-8-13-24(29(2)3)23-11-6-7-12-25(23)30;/h4-7,9-12,14-17,24H,8,13,18H2,1-3H3,(H,28,31);1H/p-1. The number of benzene rings is 3. The molecule has 0 spiro atoms. The molecule has 5 nitrogen and oxygen atoms in total. The molecule has 1 heterocycles. The molecule has 3 aromatic carbocycles. The van der Waals surface area contributed by atoms with Crippen LogP contribution >= 0.6 is 0 Å². The van der Waals surface area contributed by atoms with Gasteiger partial charge in [0.1, 0.15) is 0 Å². The molecule has 1 aliphatic heterocycles. The highest BCUT2D eigenvalue weighted by molar-refractivity contribution is 6.08. The van der Waals surface area contributed by atoms with Crippen molar-refractivity contribution in [2.75, 3.05) is 30.9 Å². The highest BCUT2D eigenvalue weighted by Gasteiger charge is 2.27. The van der Waals surface area contributed by atoms with Crippen molar-refractivity contribution in [3.63, 3.8) is 0 Å². The van der Waals surface area contributed by atoms with Crippen molar-refractivity contribution in [1.29, 1.82) is 0 Å². The van der Waals surface area contributed by atoms with Crippen LogP contribution in [0.2, 0.25) is 0 Å². The Hall–Kier alpha value is -3.15. The van der Waals surface area contributed by atoms with Crippen LogP contribution in [-0.4, -0.2) is 37.4 Å². The third-order valence-corrected chi connectivity index (χ3v) is 6.09. The molecule has 0 saturated heterocycles. The maximum Gasteiger partial charge on any atom is 0.258 e. The summed E-state index contributed by atoms with van der Waals surface area (Å²) in [5.41, 5.74) is 5.00. The average molecular weight is 463 g/mol. The van der Waals surface area contributed by atoms with Crippen molar-refractivity contribution >= 4 is 23.2 Å². The van der Waals surface area contributed by atoms with Gasteiger partial charge in [0.05, 0.1) is 0 Å². The maximum atomic E-state index is 13.4. The van der Waals surface area contributed by atoms with E-state index in [0.717, 1.165) is 24.1 Å². The highest BCUT2D eigenvalue weighted by atomic mass is 35.5. The zero-order valence-corrected chi connectivity index (χ0v) is 20.0. The van der Waals surface area contributed by atoms with Gasteiger partial charge < -0.3 is 27.5 Å². The van der Waals surface area contributed by atoms with Gasteiger partial charge in [0.25, 0.3) is 11.8 Å². The Morgan fingerprint density at radius 3 is 2.30 bits per heavy atom. The van der Waals surface area contributed by atoms with Gasteiger partial charge in [-0.1, -0.05) is 36.4 Å². The van der Waals surface area contributed by atoms with Crippen LogP contribution in [0, 0.1) is 6.92 Å². The second-order valence-corrected chi connectivity index (χ2v) is 8.48. The monoisotopic (exact) mass is 462 g/mol. The number of amides is 2. The van der Waals surface area contributed by atoms with Crippen LogP contribution in [0.5, 0.6) is 0 Å². The van der Waals surface area contributed by atoms with Crippen molar-refractivity contribution in [1.82, 2.24) is 4.90 Å². The van der Waals surface area contributed by atoms with E-state index in [9.17, 15) is 9.59 Å². The molecule has 1 aliphatic rings.